The molecule has 3 rings (SSSR count). The number of pyridine rings is 1. The van der Waals surface area contributed by atoms with Crippen molar-refractivity contribution in [3.05, 3.63) is 63.8 Å². The molecule has 0 unspecified atom stereocenters. The highest BCUT2D eigenvalue weighted by atomic mass is 35.5. The summed E-state index contributed by atoms with van der Waals surface area (Å²) in [5.41, 5.74) is 1.90. The third-order valence-corrected chi connectivity index (χ3v) is 4.73. The summed E-state index contributed by atoms with van der Waals surface area (Å²) in [4.78, 5) is 28.8. The Labute approximate surface area is 177 Å². The Bertz CT molecular complexity index is 1070. The van der Waals surface area contributed by atoms with E-state index in [1.165, 1.54) is 0 Å². The number of amides is 1. The summed E-state index contributed by atoms with van der Waals surface area (Å²) < 4.78 is 10.6. The van der Waals surface area contributed by atoms with Crippen LogP contribution in [0.4, 0.5) is 5.69 Å². The molecule has 0 saturated heterocycles. The minimum Gasteiger partial charge on any atom is -0.481 e. The Morgan fingerprint density at radius 1 is 1.10 bits per heavy atom. The van der Waals surface area contributed by atoms with Gasteiger partial charge >= 0.3 is 5.97 Å². The molecule has 0 aliphatic rings. The number of benzene rings is 2. The first kappa shape index (κ1) is 20.9. The zero-order valence-electron chi connectivity index (χ0n) is 15.8. The van der Waals surface area contributed by atoms with Crippen LogP contribution in [0.25, 0.3) is 10.9 Å². The predicted octanol–water partition coefficient (Wildman–Crippen LogP) is 5.04. The van der Waals surface area contributed by atoms with Crippen molar-refractivity contribution in [3.63, 3.8) is 0 Å². The molecule has 0 aliphatic carbocycles. The van der Waals surface area contributed by atoms with Crippen LogP contribution < -0.4 is 10.1 Å². The summed E-state index contributed by atoms with van der Waals surface area (Å²) in [7, 11) is 0. The van der Waals surface area contributed by atoms with E-state index in [4.69, 9.17) is 32.7 Å². The Morgan fingerprint density at radius 3 is 2.48 bits per heavy atom. The molecule has 0 aliphatic heterocycles. The average molecular weight is 433 g/mol. The molecule has 6 nitrogen and oxygen atoms in total. The van der Waals surface area contributed by atoms with Gasteiger partial charge in [0.15, 0.2) is 6.61 Å². The van der Waals surface area contributed by atoms with Crippen LogP contribution in [0.15, 0.2) is 42.6 Å². The zero-order valence-corrected chi connectivity index (χ0v) is 17.3. The fourth-order valence-corrected chi connectivity index (χ4v) is 3.39. The van der Waals surface area contributed by atoms with Crippen LogP contribution in [0.2, 0.25) is 10.0 Å². The molecule has 0 radical (unpaired) electrons. The highest BCUT2D eigenvalue weighted by molar-refractivity contribution is 6.40. The number of esters is 1. The first-order valence-corrected chi connectivity index (χ1v) is 9.60. The summed E-state index contributed by atoms with van der Waals surface area (Å²) in [6.45, 7) is 3.60. The standard InChI is InChI=1S/C21H18Cl2N2O4/c1-3-28-17(26)11-29-20-12(2)10-24-19-13(20)6-4-9-16(19)25-21(27)18-14(22)7-5-8-15(18)23/h4-10H,3,11H2,1-2H3,(H,25,27). The van der Waals surface area contributed by atoms with Crippen LogP contribution in [-0.4, -0.2) is 30.1 Å². The number of nitrogens with one attached hydrogen (secondary N) is 1. The van der Waals surface area contributed by atoms with Gasteiger partial charge in [-0.1, -0.05) is 35.3 Å². The number of aryl methyl sites for hydroxylation is 1. The van der Waals surface area contributed by atoms with Crippen LogP contribution in [0.5, 0.6) is 5.75 Å². The van der Waals surface area contributed by atoms with Gasteiger partial charge in [0.2, 0.25) is 0 Å². The fourth-order valence-electron chi connectivity index (χ4n) is 2.82. The van der Waals surface area contributed by atoms with Crippen molar-refractivity contribution in [2.75, 3.05) is 18.5 Å². The molecule has 3 aromatic rings. The van der Waals surface area contributed by atoms with Gasteiger partial charge in [-0.05, 0) is 38.1 Å². The van der Waals surface area contributed by atoms with E-state index in [1.807, 2.05) is 6.92 Å². The Balaban J connectivity index is 1.95. The van der Waals surface area contributed by atoms with Crippen LogP contribution in [-0.2, 0) is 9.53 Å². The van der Waals surface area contributed by atoms with Crippen molar-refractivity contribution >= 4 is 51.7 Å². The van der Waals surface area contributed by atoms with Gasteiger partial charge in [-0.3, -0.25) is 9.78 Å². The number of fused-ring (bicyclic) bond motifs is 1. The van der Waals surface area contributed by atoms with Crippen molar-refractivity contribution in [2.24, 2.45) is 0 Å². The van der Waals surface area contributed by atoms with E-state index in [-0.39, 0.29) is 28.8 Å². The third-order valence-electron chi connectivity index (χ3n) is 4.10. The molecular formula is C21H18Cl2N2O4. The number of aromatic nitrogens is 1. The molecule has 1 heterocycles. The first-order valence-electron chi connectivity index (χ1n) is 8.84. The molecule has 150 valence electrons. The van der Waals surface area contributed by atoms with Gasteiger partial charge < -0.3 is 14.8 Å². The van der Waals surface area contributed by atoms with Crippen molar-refractivity contribution < 1.29 is 19.1 Å². The molecule has 0 atom stereocenters. The first-order chi connectivity index (χ1) is 13.9. The number of rotatable bonds is 6. The van der Waals surface area contributed by atoms with E-state index in [2.05, 4.69) is 10.3 Å². The molecule has 8 heteroatoms. The summed E-state index contributed by atoms with van der Waals surface area (Å²) in [5.74, 6) is -0.422. The minimum atomic E-state index is -0.463. The lowest BCUT2D eigenvalue weighted by atomic mass is 10.1. The van der Waals surface area contributed by atoms with E-state index in [0.717, 1.165) is 5.56 Å². The van der Waals surface area contributed by atoms with E-state index in [0.29, 0.717) is 22.3 Å². The van der Waals surface area contributed by atoms with Gasteiger partial charge in [0.1, 0.15) is 5.75 Å². The van der Waals surface area contributed by atoms with Gasteiger partial charge in [0.25, 0.3) is 5.91 Å². The average Bonchev–Trinajstić information content (AvgIpc) is 2.67. The minimum absolute atomic E-state index is 0.179. The molecule has 1 aromatic heterocycles. The highest BCUT2D eigenvalue weighted by Crippen LogP contribution is 2.33. The summed E-state index contributed by atoms with van der Waals surface area (Å²) in [5, 5.41) is 3.94. The maximum Gasteiger partial charge on any atom is 0.344 e. The number of carbonyl (C=O) groups excluding carboxylic acids is 2. The van der Waals surface area contributed by atoms with Crippen molar-refractivity contribution in [3.8, 4) is 5.75 Å². The smallest absolute Gasteiger partial charge is 0.344 e. The zero-order chi connectivity index (χ0) is 21.0. The Kier molecular flexibility index (Phi) is 6.56. The van der Waals surface area contributed by atoms with Gasteiger partial charge in [-0.25, -0.2) is 4.79 Å². The summed E-state index contributed by atoms with van der Waals surface area (Å²) >= 11 is 12.3. The molecule has 0 saturated carbocycles. The van der Waals surface area contributed by atoms with Gasteiger partial charge in [-0.2, -0.15) is 0 Å². The third kappa shape index (κ3) is 4.60. The lowest BCUT2D eigenvalue weighted by Crippen LogP contribution is -2.16. The Hall–Kier alpha value is -2.83. The number of ether oxygens (including phenoxy) is 2. The Morgan fingerprint density at radius 2 is 1.79 bits per heavy atom. The van der Waals surface area contributed by atoms with Crippen molar-refractivity contribution in [2.45, 2.75) is 13.8 Å². The monoisotopic (exact) mass is 432 g/mol. The van der Waals surface area contributed by atoms with Crippen LogP contribution >= 0.6 is 23.2 Å². The maximum absolute atomic E-state index is 12.7. The molecule has 29 heavy (non-hydrogen) atoms. The topological polar surface area (TPSA) is 77.5 Å². The number of nitrogens with zero attached hydrogens (tertiary/aromatic N) is 1. The summed E-state index contributed by atoms with van der Waals surface area (Å²) in [6.07, 6.45) is 1.61. The largest absolute Gasteiger partial charge is 0.481 e. The number of carbonyl (C=O) groups is 2. The van der Waals surface area contributed by atoms with Crippen LogP contribution in [0.3, 0.4) is 0 Å². The number of hydrogen-bond donors (Lipinski definition) is 1. The molecule has 1 amide bonds. The lowest BCUT2D eigenvalue weighted by Gasteiger charge is -2.14. The SMILES string of the molecule is CCOC(=O)COc1c(C)cnc2c(NC(=O)c3c(Cl)cccc3Cl)cccc12. The van der Waals surface area contributed by atoms with E-state index >= 15 is 0 Å². The quantitative estimate of drug-likeness (QED) is 0.551. The fraction of sp³-hybridized carbons (Fsp3) is 0.190. The summed E-state index contributed by atoms with van der Waals surface area (Å²) in [6, 6.07) is 10.1. The number of para-hydroxylation sites is 1. The van der Waals surface area contributed by atoms with Crippen molar-refractivity contribution in [1.29, 1.82) is 0 Å². The molecule has 0 bridgehead atoms. The van der Waals surface area contributed by atoms with Crippen LogP contribution in [0.1, 0.15) is 22.8 Å². The second-order valence-corrected chi connectivity index (χ2v) is 6.93. The van der Waals surface area contributed by atoms with Crippen LogP contribution in [0, 0.1) is 6.92 Å². The maximum atomic E-state index is 12.7. The highest BCUT2D eigenvalue weighted by Gasteiger charge is 2.18. The molecule has 0 fully saturated rings. The van der Waals surface area contributed by atoms with Gasteiger partial charge in [0.05, 0.1) is 33.4 Å². The number of hydrogen-bond acceptors (Lipinski definition) is 5. The van der Waals surface area contributed by atoms with E-state index in [9.17, 15) is 9.59 Å². The second kappa shape index (κ2) is 9.11. The van der Waals surface area contributed by atoms with Gasteiger partial charge in [0, 0.05) is 17.1 Å². The predicted molar refractivity (Wildman–Crippen MR) is 113 cm³/mol. The van der Waals surface area contributed by atoms with E-state index in [1.54, 1.807) is 49.5 Å². The molecule has 1 N–H and O–H groups in total. The second-order valence-electron chi connectivity index (χ2n) is 6.12. The van der Waals surface area contributed by atoms with E-state index < -0.39 is 11.9 Å². The number of halogens is 2. The molecule has 2 aromatic carbocycles. The normalized spacial score (nSPS) is 10.6. The molecule has 0 spiro atoms. The number of anilines is 1. The van der Waals surface area contributed by atoms with Crippen molar-refractivity contribution in [1.82, 2.24) is 4.98 Å². The molecular weight excluding hydrogens is 415 g/mol. The van der Waals surface area contributed by atoms with Gasteiger partial charge in [-0.15, -0.1) is 0 Å². The lowest BCUT2D eigenvalue weighted by molar-refractivity contribution is -0.145.